The van der Waals surface area contributed by atoms with Crippen molar-refractivity contribution in [2.24, 2.45) is 0 Å². The maximum atomic E-state index is 12.2. The van der Waals surface area contributed by atoms with E-state index in [0.29, 0.717) is 6.42 Å². The van der Waals surface area contributed by atoms with Gasteiger partial charge in [0.05, 0.1) is 17.7 Å². The number of carbonyl (C=O) groups is 1. The fourth-order valence-corrected chi connectivity index (χ4v) is 3.61. The van der Waals surface area contributed by atoms with Gasteiger partial charge >= 0.3 is 26.3 Å². The minimum Gasteiger partial charge on any atom is -0.382 e. The maximum absolute atomic E-state index is 12.2. The minimum absolute atomic E-state index is 0.0390. The lowest BCUT2D eigenvalue weighted by Crippen LogP contribution is -2.20. The van der Waals surface area contributed by atoms with Crippen LogP contribution in [0.2, 0.25) is 0 Å². The van der Waals surface area contributed by atoms with E-state index in [9.17, 15) is 21.6 Å². The third kappa shape index (κ3) is 7.08. The topological polar surface area (TPSA) is 128 Å². The second-order valence-electron chi connectivity index (χ2n) is 5.74. The molecule has 28 heavy (non-hydrogen) atoms. The summed E-state index contributed by atoms with van der Waals surface area (Å²) in [5.74, 6) is -0.0997. The summed E-state index contributed by atoms with van der Waals surface area (Å²) in [4.78, 5) is 12.2. The van der Waals surface area contributed by atoms with E-state index < -0.39 is 26.3 Å². The van der Waals surface area contributed by atoms with Crippen molar-refractivity contribution in [1.29, 1.82) is 0 Å². The molecule has 2 amide bonds. The van der Waals surface area contributed by atoms with E-state index >= 15 is 0 Å². The minimum atomic E-state index is -3.77. The Hall–Kier alpha value is -2.79. The number of para-hydroxylation sites is 2. The molecule has 11 heteroatoms. The first-order chi connectivity index (χ1) is 13.1. The fourth-order valence-electron chi connectivity index (χ4n) is 2.15. The van der Waals surface area contributed by atoms with Crippen LogP contribution in [0, 0.1) is 0 Å². The smallest absolute Gasteiger partial charge is 0.323 e. The quantitative estimate of drug-likeness (QED) is 0.619. The fraction of sp³-hybridized carbons (Fsp3) is 0.235. The van der Waals surface area contributed by atoms with Crippen molar-refractivity contribution in [3.63, 3.8) is 0 Å². The van der Waals surface area contributed by atoms with Crippen LogP contribution in [0.3, 0.4) is 0 Å². The molecular formula is C17H20N2O7S2. The Labute approximate surface area is 163 Å². The summed E-state index contributed by atoms with van der Waals surface area (Å²) in [6.07, 6.45) is 1.31. The van der Waals surface area contributed by atoms with Crippen molar-refractivity contribution in [2.75, 3.05) is 22.6 Å². The number of hydrogen-bond donors (Lipinski definition) is 2. The summed E-state index contributed by atoms with van der Waals surface area (Å²) in [6, 6.07) is 11.2. The van der Waals surface area contributed by atoms with Crippen LogP contribution in [-0.2, 0) is 20.2 Å². The van der Waals surface area contributed by atoms with Crippen molar-refractivity contribution in [2.45, 2.75) is 13.3 Å². The second kappa shape index (κ2) is 8.93. The van der Waals surface area contributed by atoms with E-state index in [2.05, 4.69) is 10.6 Å². The molecule has 2 aromatic carbocycles. The first-order valence-electron chi connectivity index (χ1n) is 8.17. The summed E-state index contributed by atoms with van der Waals surface area (Å²) in [5, 5.41) is 4.98. The van der Waals surface area contributed by atoms with Crippen LogP contribution in [-0.4, -0.2) is 34.9 Å². The normalized spacial score (nSPS) is 11.5. The summed E-state index contributed by atoms with van der Waals surface area (Å²) < 4.78 is 55.9. The lowest BCUT2D eigenvalue weighted by molar-refractivity contribution is 0.262. The average Bonchev–Trinajstić information content (AvgIpc) is 2.55. The van der Waals surface area contributed by atoms with Crippen molar-refractivity contribution in [3.8, 4) is 11.5 Å². The van der Waals surface area contributed by atoms with Gasteiger partial charge in [0.1, 0.15) is 5.75 Å². The van der Waals surface area contributed by atoms with Crippen LogP contribution in [0.15, 0.2) is 48.5 Å². The number of amides is 2. The molecule has 0 aliphatic heterocycles. The van der Waals surface area contributed by atoms with Crippen molar-refractivity contribution in [1.82, 2.24) is 0 Å². The van der Waals surface area contributed by atoms with E-state index in [0.717, 1.165) is 6.26 Å². The van der Waals surface area contributed by atoms with Gasteiger partial charge in [-0.3, -0.25) is 0 Å². The Balaban J connectivity index is 2.09. The van der Waals surface area contributed by atoms with E-state index in [1.807, 2.05) is 0 Å². The van der Waals surface area contributed by atoms with Gasteiger partial charge < -0.3 is 19.0 Å². The van der Waals surface area contributed by atoms with Gasteiger partial charge in [0, 0.05) is 11.8 Å². The molecule has 2 N–H and O–H groups in total. The Morgan fingerprint density at radius 2 is 1.68 bits per heavy atom. The molecule has 2 rings (SSSR count). The van der Waals surface area contributed by atoms with Crippen molar-refractivity contribution >= 4 is 37.6 Å². The van der Waals surface area contributed by atoms with Gasteiger partial charge in [-0.15, -0.1) is 0 Å². The number of anilines is 2. The molecule has 0 aliphatic carbocycles. The standard InChI is InChI=1S/C17H20N2O7S2/c1-3-11-28(23,24)25-14-8-6-7-13(12-14)18-17(20)19-15-9-4-5-10-16(15)26-27(2,21)22/h4-10,12H,3,11H2,1-2H3,(H2,18,19,20). The molecule has 0 atom stereocenters. The number of rotatable bonds is 8. The highest BCUT2D eigenvalue weighted by Crippen LogP contribution is 2.25. The van der Waals surface area contributed by atoms with Gasteiger partial charge in [0.25, 0.3) is 0 Å². The third-order valence-electron chi connectivity index (χ3n) is 3.15. The molecule has 0 spiro atoms. The molecule has 0 bridgehead atoms. The molecule has 0 unspecified atom stereocenters. The molecule has 0 saturated heterocycles. The Morgan fingerprint density at radius 1 is 0.964 bits per heavy atom. The maximum Gasteiger partial charge on any atom is 0.323 e. The van der Waals surface area contributed by atoms with Crippen LogP contribution in [0.4, 0.5) is 16.2 Å². The molecule has 0 radical (unpaired) electrons. The predicted octanol–water partition coefficient (Wildman–Crippen LogP) is 2.79. The van der Waals surface area contributed by atoms with E-state index in [4.69, 9.17) is 8.37 Å². The van der Waals surface area contributed by atoms with Crippen molar-refractivity contribution in [3.05, 3.63) is 48.5 Å². The summed E-state index contributed by atoms with van der Waals surface area (Å²) >= 11 is 0. The lowest BCUT2D eigenvalue weighted by atomic mass is 10.3. The van der Waals surface area contributed by atoms with Gasteiger partial charge in [0.2, 0.25) is 0 Å². The molecule has 0 fully saturated rings. The summed E-state index contributed by atoms with van der Waals surface area (Å²) in [7, 11) is -7.47. The van der Waals surface area contributed by atoms with Gasteiger partial charge in [-0.1, -0.05) is 25.1 Å². The van der Waals surface area contributed by atoms with Gasteiger partial charge in [-0.2, -0.15) is 16.8 Å². The predicted molar refractivity (Wildman–Crippen MR) is 106 cm³/mol. The molecule has 0 saturated carbocycles. The zero-order chi connectivity index (χ0) is 20.8. The highest BCUT2D eigenvalue weighted by Gasteiger charge is 2.14. The van der Waals surface area contributed by atoms with Gasteiger partial charge in [-0.05, 0) is 30.7 Å². The SMILES string of the molecule is CCCS(=O)(=O)Oc1cccc(NC(=O)Nc2ccccc2OS(C)(=O)=O)c1. The van der Waals surface area contributed by atoms with Gasteiger partial charge in [0.15, 0.2) is 5.75 Å². The van der Waals surface area contributed by atoms with Crippen LogP contribution in [0.5, 0.6) is 11.5 Å². The Kier molecular flexibility index (Phi) is 6.86. The number of hydrogen-bond acceptors (Lipinski definition) is 7. The monoisotopic (exact) mass is 428 g/mol. The molecule has 2 aromatic rings. The molecule has 9 nitrogen and oxygen atoms in total. The molecule has 0 aromatic heterocycles. The van der Waals surface area contributed by atoms with E-state index in [1.165, 1.54) is 36.4 Å². The van der Waals surface area contributed by atoms with Crippen LogP contribution in [0.1, 0.15) is 13.3 Å². The molecular weight excluding hydrogens is 408 g/mol. The van der Waals surface area contributed by atoms with E-state index in [-0.39, 0.29) is 28.6 Å². The number of urea groups is 1. The van der Waals surface area contributed by atoms with Crippen LogP contribution in [0.25, 0.3) is 0 Å². The highest BCUT2D eigenvalue weighted by atomic mass is 32.2. The van der Waals surface area contributed by atoms with E-state index in [1.54, 1.807) is 19.1 Å². The number of carbonyl (C=O) groups excluding carboxylic acids is 1. The van der Waals surface area contributed by atoms with Crippen molar-refractivity contribution < 1.29 is 30.0 Å². The molecule has 0 heterocycles. The van der Waals surface area contributed by atoms with Crippen LogP contribution >= 0.6 is 0 Å². The average molecular weight is 428 g/mol. The van der Waals surface area contributed by atoms with Crippen LogP contribution < -0.4 is 19.0 Å². The zero-order valence-electron chi connectivity index (χ0n) is 15.2. The first-order valence-corrected chi connectivity index (χ1v) is 11.6. The Bertz CT molecular complexity index is 1050. The lowest BCUT2D eigenvalue weighted by Gasteiger charge is -2.12. The Morgan fingerprint density at radius 3 is 2.36 bits per heavy atom. The second-order valence-corrected chi connectivity index (χ2v) is 9.00. The summed E-state index contributed by atoms with van der Waals surface area (Å²) in [5.41, 5.74) is 0.423. The zero-order valence-corrected chi connectivity index (χ0v) is 16.8. The largest absolute Gasteiger partial charge is 0.382 e. The third-order valence-corrected chi connectivity index (χ3v) is 4.98. The molecule has 152 valence electrons. The number of nitrogens with one attached hydrogen (secondary N) is 2. The highest BCUT2D eigenvalue weighted by molar-refractivity contribution is 7.87. The van der Waals surface area contributed by atoms with Gasteiger partial charge in [-0.25, -0.2) is 4.79 Å². The molecule has 0 aliphatic rings. The first kappa shape index (κ1) is 21.5. The summed E-state index contributed by atoms with van der Waals surface area (Å²) in [6.45, 7) is 1.72. The number of benzene rings is 2.